The van der Waals surface area contributed by atoms with Crippen LogP contribution < -0.4 is 20.6 Å². The van der Waals surface area contributed by atoms with Gasteiger partial charge in [0.1, 0.15) is 33.2 Å². The molecular formula is C40H38Cl2F14N2O6. The number of ether oxygens (including phenoxy) is 3. The smallest absolute Gasteiger partial charge is 0.419 e. The molecule has 1 aliphatic rings. The summed E-state index contributed by atoms with van der Waals surface area (Å²) in [6.45, 7) is 3.86. The quantitative estimate of drug-likeness (QED) is 0.121. The summed E-state index contributed by atoms with van der Waals surface area (Å²) in [4.78, 5) is 24.6. The average Bonchev–Trinajstić information content (AvgIpc) is 3.94. The molecule has 2 unspecified atom stereocenters. The Morgan fingerprint density at radius 1 is 0.734 bits per heavy atom. The lowest BCUT2D eigenvalue weighted by molar-refractivity contribution is -0.272. The standard InChI is InChI=1S/C20H19ClF7NO3.C14H16F4O2.C6H3ClF3NO/c1-17(2,13-7-12(22)4-5-15(13)32-3)9-18(31,20(26,27)28)10-29-8-11(19(23,24)25)6-14(21)16(29)30;1-12(2,7-13(8-20-13)14(16,17)18)10-6-9(15)4-5-11(10)19-3;7-4-1-3(6(8,9)10)2-11-5(4)12/h4-8,31H,9-10H2,1-3H3;4-6H,7-8H2,1-3H3;1-2H,(H,11,12). The van der Waals surface area contributed by atoms with Gasteiger partial charge in [-0.05, 0) is 72.2 Å². The highest BCUT2D eigenvalue weighted by atomic mass is 35.5. The number of hydrogen-bond acceptors (Lipinski definition) is 6. The van der Waals surface area contributed by atoms with Gasteiger partial charge in [0, 0.05) is 23.5 Å². The van der Waals surface area contributed by atoms with E-state index in [2.05, 4.69) is 4.74 Å². The summed E-state index contributed by atoms with van der Waals surface area (Å²) in [5.41, 5.74) is -12.4. The van der Waals surface area contributed by atoms with Gasteiger partial charge in [-0.2, -0.15) is 52.7 Å². The Labute approximate surface area is 364 Å². The van der Waals surface area contributed by atoms with Crippen LogP contribution >= 0.6 is 23.2 Å². The highest BCUT2D eigenvalue weighted by molar-refractivity contribution is 6.30. The lowest BCUT2D eigenvalue weighted by atomic mass is 9.74. The first-order valence-corrected chi connectivity index (χ1v) is 18.8. The largest absolute Gasteiger partial charge is 0.496 e. The van der Waals surface area contributed by atoms with Crippen LogP contribution in [0.1, 0.15) is 62.8 Å². The predicted octanol–water partition coefficient (Wildman–Crippen LogP) is 11.2. The zero-order valence-electron chi connectivity index (χ0n) is 34.1. The number of rotatable bonds is 10. The van der Waals surface area contributed by atoms with Crippen LogP contribution in [0.15, 0.2) is 70.5 Å². The molecule has 0 bridgehead atoms. The molecule has 24 heteroatoms. The molecule has 1 fully saturated rings. The number of aromatic nitrogens is 2. The van der Waals surface area contributed by atoms with E-state index >= 15 is 0 Å². The van der Waals surface area contributed by atoms with Crippen molar-refractivity contribution in [3.8, 4) is 11.5 Å². The second kappa shape index (κ2) is 19.1. The Bertz CT molecular complexity index is 2390. The van der Waals surface area contributed by atoms with E-state index in [1.165, 1.54) is 52.3 Å². The maximum atomic E-state index is 13.9. The number of methoxy groups -OCH3 is 2. The summed E-state index contributed by atoms with van der Waals surface area (Å²) >= 11 is 10.7. The van der Waals surface area contributed by atoms with E-state index in [9.17, 15) is 76.2 Å². The number of epoxide rings is 1. The van der Waals surface area contributed by atoms with Crippen molar-refractivity contribution in [3.05, 3.63) is 126 Å². The van der Waals surface area contributed by atoms with E-state index in [0.29, 0.717) is 23.6 Å². The van der Waals surface area contributed by atoms with E-state index in [0.717, 1.165) is 12.1 Å². The number of hydrogen-bond donors (Lipinski definition) is 2. The zero-order chi connectivity index (χ0) is 49.2. The maximum absolute atomic E-state index is 13.9. The zero-order valence-corrected chi connectivity index (χ0v) is 35.6. The van der Waals surface area contributed by atoms with Crippen molar-refractivity contribution < 1.29 is 80.8 Å². The Morgan fingerprint density at radius 2 is 1.19 bits per heavy atom. The van der Waals surface area contributed by atoms with Gasteiger partial charge in [-0.3, -0.25) is 9.59 Å². The first kappa shape index (κ1) is 53.8. The second-order valence-electron chi connectivity index (χ2n) is 15.7. The SMILES string of the molecule is COc1ccc(F)cc1C(C)(C)CC(O)(Cn1cc(C(F)(F)F)cc(Cl)c1=O)C(F)(F)F.COc1ccc(F)cc1C(C)(C)CC1(C(F)(F)F)CO1.O=c1[nH]cc(C(F)(F)F)cc1Cl. The topological polar surface area (TPSA) is 106 Å². The van der Waals surface area contributed by atoms with Crippen molar-refractivity contribution in [2.24, 2.45) is 0 Å². The fourth-order valence-corrected chi connectivity index (χ4v) is 6.92. The molecule has 5 rings (SSSR count). The van der Waals surface area contributed by atoms with Crippen molar-refractivity contribution in [2.75, 3.05) is 20.8 Å². The molecule has 356 valence electrons. The molecule has 8 nitrogen and oxygen atoms in total. The van der Waals surface area contributed by atoms with Crippen LogP contribution in [0.5, 0.6) is 11.5 Å². The Balaban J connectivity index is 0.000000287. The van der Waals surface area contributed by atoms with Crippen LogP contribution in [0.3, 0.4) is 0 Å². The number of nitrogens with zero attached hydrogens (tertiary/aromatic N) is 1. The molecule has 0 radical (unpaired) electrons. The highest BCUT2D eigenvalue weighted by Crippen LogP contribution is 2.52. The second-order valence-corrected chi connectivity index (χ2v) is 16.5. The van der Waals surface area contributed by atoms with Gasteiger partial charge in [-0.1, -0.05) is 50.9 Å². The van der Waals surface area contributed by atoms with E-state index in [4.69, 9.17) is 32.7 Å². The summed E-state index contributed by atoms with van der Waals surface area (Å²) in [5, 5.41) is 9.17. The van der Waals surface area contributed by atoms with Crippen LogP contribution in [0.25, 0.3) is 0 Å². The van der Waals surface area contributed by atoms with Crippen LogP contribution in [0, 0.1) is 11.6 Å². The molecule has 2 atom stereocenters. The number of nitrogens with one attached hydrogen (secondary N) is 1. The molecule has 1 aliphatic heterocycles. The Hall–Kier alpha value is -4.54. The molecular weight excluding hydrogens is 941 g/mol. The third-order valence-corrected chi connectivity index (χ3v) is 10.3. The molecule has 4 aromatic rings. The number of H-pyrrole nitrogens is 1. The average molecular weight is 980 g/mol. The number of aliphatic hydroxyl groups is 1. The van der Waals surface area contributed by atoms with Crippen LogP contribution in [-0.4, -0.2) is 59.0 Å². The third-order valence-electron chi connectivity index (χ3n) is 9.77. The first-order chi connectivity index (χ1) is 28.9. The monoisotopic (exact) mass is 978 g/mol. The van der Waals surface area contributed by atoms with Gasteiger partial charge in [-0.15, -0.1) is 0 Å². The predicted molar refractivity (Wildman–Crippen MR) is 205 cm³/mol. The number of aromatic amines is 1. The minimum atomic E-state index is -5.37. The van der Waals surface area contributed by atoms with E-state index in [1.54, 1.807) is 13.8 Å². The van der Waals surface area contributed by atoms with Crippen molar-refractivity contribution in [2.45, 2.75) is 93.8 Å². The molecule has 0 amide bonds. The van der Waals surface area contributed by atoms with Crippen molar-refractivity contribution in [3.63, 3.8) is 0 Å². The lowest BCUT2D eigenvalue weighted by Gasteiger charge is -2.38. The summed E-state index contributed by atoms with van der Waals surface area (Å²) in [5.74, 6) is -0.869. The molecule has 1 saturated heterocycles. The van der Waals surface area contributed by atoms with Crippen molar-refractivity contribution in [1.29, 1.82) is 0 Å². The van der Waals surface area contributed by atoms with E-state index < -0.39 is 104 Å². The minimum absolute atomic E-state index is 0.0166. The first-order valence-electron chi connectivity index (χ1n) is 18.0. The van der Waals surface area contributed by atoms with Gasteiger partial charge in [0.2, 0.25) is 0 Å². The molecule has 64 heavy (non-hydrogen) atoms. The van der Waals surface area contributed by atoms with Crippen LogP contribution in [0.4, 0.5) is 61.5 Å². The van der Waals surface area contributed by atoms with Crippen molar-refractivity contribution >= 4 is 23.2 Å². The lowest BCUT2D eigenvalue weighted by Crippen LogP contribution is -2.53. The van der Waals surface area contributed by atoms with Gasteiger partial charge in [-0.25, -0.2) is 8.78 Å². The molecule has 0 spiro atoms. The molecule has 2 N–H and O–H groups in total. The van der Waals surface area contributed by atoms with E-state index in [-0.39, 0.29) is 41.2 Å². The molecule has 0 aliphatic carbocycles. The number of alkyl halides is 12. The number of pyridine rings is 2. The fourth-order valence-electron chi connectivity index (χ4n) is 6.53. The minimum Gasteiger partial charge on any atom is -0.496 e. The maximum Gasteiger partial charge on any atom is 0.419 e. The molecule has 2 aromatic heterocycles. The molecule has 3 heterocycles. The van der Waals surface area contributed by atoms with E-state index in [1.807, 2.05) is 4.98 Å². The summed E-state index contributed by atoms with van der Waals surface area (Å²) < 4.78 is 198. The van der Waals surface area contributed by atoms with Gasteiger partial charge >= 0.3 is 24.7 Å². The highest BCUT2D eigenvalue weighted by Gasteiger charge is 2.67. The summed E-state index contributed by atoms with van der Waals surface area (Å²) in [6.07, 6.45) is -19.9. The Kier molecular flexibility index (Phi) is 16.1. The number of benzene rings is 2. The summed E-state index contributed by atoms with van der Waals surface area (Å²) in [6, 6.07) is 7.86. The normalized spacial score (nSPS) is 16.7. The fraction of sp³-hybridized carbons (Fsp3) is 0.450. The van der Waals surface area contributed by atoms with Crippen LogP contribution in [-0.2, 0) is 34.5 Å². The van der Waals surface area contributed by atoms with Crippen molar-refractivity contribution in [1.82, 2.24) is 9.55 Å². The molecule has 2 aromatic carbocycles. The third kappa shape index (κ3) is 13.1. The molecule has 0 saturated carbocycles. The Morgan fingerprint density at radius 3 is 1.58 bits per heavy atom. The van der Waals surface area contributed by atoms with Crippen LogP contribution in [0.2, 0.25) is 10.0 Å². The van der Waals surface area contributed by atoms with Gasteiger partial charge in [0.05, 0.1) is 38.5 Å². The van der Waals surface area contributed by atoms with Gasteiger partial charge in [0.25, 0.3) is 11.1 Å². The van der Waals surface area contributed by atoms with Gasteiger partial charge in [0.15, 0.2) is 11.2 Å². The summed E-state index contributed by atoms with van der Waals surface area (Å²) in [7, 11) is 2.62. The number of halogens is 16. The van der Waals surface area contributed by atoms with Gasteiger partial charge < -0.3 is 28.9 Å².